The lowest BCUT2D eigenvalue weighted by molar-refractivity contribution is 0.0919. The van der Waals surface area contributed by atoms with Crippen LogP contribution in [0.3, 0.4) is 0 Å². The molecule has 4 heteroatoms. The molecule has 1 amide bonds. The van der Waals surface area contributed by atoms with Gasteiger partial charge in [-0.1, -0.05) is 44.2 Å². The normalized spacial score (nSPS) is 21.8. The number of carbonyl (C=O) groups excluding carboxylic acids is 1. The number of nitrogens with zero attached hydrogens (tertiary/aromatic N) is 1. The van der Waals surface area contributed by atoms with Crippen molar-refractivity contribution in [3.8, 4) is 0 Å². The minimum atomic E-state index is 0.0859. The topological polar surface area (TPSA) is 45.5 Å². The van der Waals surface area contributed by atoms with Crippen LogP contribution in [0.4, 0.5) is 0 Å². The smallest absolute Gasteiger partial charge is 0.251 e. The molecule has 1 aromatic heterocycles. The number of benzene rings is 2. The first kappa shape index (κ1) is 25.1. The maximum atomic E-state index is 12.7. The van der Waals surface area contributed by atoms with Crippen LogP contribution >= 0.6 is 0 Å². The average molecular weight is 487 g/mol. The van der Waals surface area contributed by atoms with Crippen molar-refractivity contribution in [1.82, 2.24) is 10.2 Å². The zero-order valence-corrected chi connectivity index (χ0v) is 22.0. The summed E-state index contributed by atoms with van der Waals surface area (Å²) in [7, 11) is 0. The molecule has 2 fully saturated rings. The molecular weight excluding hydrogens is 444 g/mol. The Bertz CT molecular complexity index is 1120. The minimum Gasteiger partial charge on any atom is -0.464 e. The summed E-state index contributed by atoms with van der Waals surface area (Å²) >= 11 is 0. The lowest BCUT2D eigenvalue weighted by Crippen LogP contribution is -2.38. The molecule has 0 atom stereocenters. The van der Waals surface area contributed by atoms with Crippen LogP contribution in [0.2, 0.25) is 0 Å². The van der Waals surface area contributed by atoms with E-state index in [1.54, 1.807) is 0 Å². The van der Waals surface area contributed by atoms with E-state index in [9.17, 15) is 4.79 Å². The van der Waals surface area contributed by atoms with Gasteiger partial charge in [-0.2, -0.15) is 0 Å². The second-order valence-corrected chi connectivity index (χ2v) is 11.6. The van der Waals surface area contributed by atoms with Gasteiger partial charge in [0.1, 0.15) is 5.58 Å². The number of hydrogen-bond acceptors (Lipinski definition) is 3. The maximum absolute atomic E-state index is 12.7. The summed E-state index contributed by atoms with van der Waals surface area (Å²) in [6.07, 6.45) is 11.5. The van der Waals surface area contributed by atoms with Gasteiger partial charge in [0.15, 0.2) is 0 Å². The van der Waals surface area contributed by atoms with E-state index in [1.807, 2.05) is 24.5 Å². The summed E-state index contributed by atoms with van der Waals surface area (Å²) in [6, 6.07) is 16.9. The van der Waals surface area contributed by atoms with Gasteiger partial charge in [-0.15, -0.1) is 0 Å². The Kier molecular flexibility index (Phi) is 8.11. The van der Waals surface area contributed by atoms with Gasteiger partial charge in [0.05, 0.1) is 6.26 Å². The molecule has 2 aliphatic rings. The van der Waals surface area contributed by atoms with E-state index in [1.165, 1.54) is 68.3 Å². The maximum Gasteiger partial charge on any atom is 0.251 e. The third kappa shape index (κ3) is 6.21. The quantitative estimate of drug-likeness (QED) is 0.366. The molecule has 0 unspecified atom stereocenters. The number of rotatable bonds is 8. The molecule has 2 heterocycles. The first-order chi connectivity index (χ1) is 17.5. The van der Waals surface area contributed by atoms with E-state index in [0.29, 0.717) is 17.9 Å². The molecule has 0 bridgehead atoms. The molecule has 192 valence electrons. The van der Waals surface area contributed by atoms with E-state index in [-0.39, 0.29) is 5.91 Å². The van der Waals surface area contributed by atoms with Crippen molar-refractivity contribution in [3.63, 3.8) is 0 Å². The lowest BCUT2D eigenvalue weighted by Gasteiger charge is -2.34. The Hall–Kier alpha value is -2.59. The standard InChI is InChI=1S/C32H42N2O2/c1-23(2)21-25-7-11-27(12-8-25)32(35)33-28-13-9-24(10-14-28)15-18-34-19-16-26(17-20-34)30-22-36-31-6-4-3-5-29(30)31/h3-8,11-12,22-24,26,28H,9-10,13-21H2,1-2H3,(H,33,35)/t24-,28-. The lowest BCUT2D eigenvalue weighted by atomic mass is 9.83. The number of fused-ring (bicyclic) bond motifs is 1. The number of carbonyl (C=O) groups is 1. The summed E-state index contributed by atoms with van der Waals surface area (Å²) in [6.45, 7) is 8.03. The molecule has 1 saturated heterocycles. The summed E-state index contributed by atoms with van der Waals surface area (Å²) in [5.74, 6) is 2.14. The first-order valence-electron chi connectivity index (χ1n) is 14.1. The number of furan rings is 1. The highest BCUT2D eigenvalue weighted by molar-refractivity contribution is 5.94. The van der Waals surface area contributed by atoms with Crippen molar-refractivity contribution in [3.05, 3.63) is 71.5 Å². The summed E-state index contributed by atoms with van der Waals surface area (Å²) in [5.41, 5.74) is 4.51. The number of hydrogen-bond donors (Lipinski definition) is 1. The highest BCUT2D eigenvalue weighted by Gasteiger charge is 2.26. The predicted octanol–water partition coefficient (Wildman–Crippen LogP) is 7.19. The third-order valence-corrected chi connectivity index (χ3v) is 8.43. The van der Waals surface area contributed by atoms with Crippen molar-refractivity contribution in [2.45, 2.75) is 77.2 Å². The second-order valence-electron chi connectivity index (χ2n) is 11.6. The Morgan fingerprint density at radius 1 is 0.972 bits per heavy atom. The molecule has 1 aliphatic heterocycles. The van der Waals surface area contributed by atoms with Crippen molar-refractivity contribution in [2.75, 3.05) is 19.6 Å². The number of amides is 1. The van der Waals surface area contributed by atoms with Gasteiger partial charge in [-0.3, -0.25) is 4.79 Å². The number of piperidine rings is 1. The van der Waals surface area contributed by atoms with Gasteiger partial charge in [0.25, 0.3) is 5.91 Å². The SMILES string of the molecule is CC(C)Cc1ccc(C(=O)N[C@H]2CC[C@H](CCN3CCC(c4coc5ccccc45)CC3)CC2)cc1. The molecule has 1 saturated carbocycles. The number of likely N-dealkylation sites (tertiary alicyclic amines) is 1. The molecule has 4 nitrogen and oxygen atoms in total. The van der Waals surface area contributed by atoms with Gasteiger partial charge >= 0.3 is 0 Å². The molecule has 5 rings (SSSR count). The van der Waals surface area contributed by atoms with Crippen LogP contribution in [0.15, 0.2) is 59.2 Å². The van der Waals surface area contributed by atoms with Crippen LogP contribution < -0.4 is 5.32 Å². The van der Waals surface area contributed by atoms with Crippen LogP contribution in [0, 0.1) is 11.8 Å². The molecule has 2 aromatic carbocycles. The molecule has 3 aromatic rings. The van der Waals surface area contributed by atoms with Gasteiger partial charge in [-0.05, 0) is 113 Å². The fourth-order valence-corrected chi connectivity index (χ4v) is 6.28. The average Bonchev–Trinajstić information content (AvgIpc) is 3.33. The van der Waals surface area contributed by atoms with Crippen molar-refractivity contribution >= 4 is 16.9 Å². The van der Waals surface area contributed by atoms with E-state index in [4.69, 9.17) is 4.42 Å². The predicted molar refractivity (Wildman–Crippen MR) is 147 cm³/mol. The number of para-hydroxylation sites is 1. The largest absolute Gasteiger partial charge is 0.464 e. The Balaban J connectivity index is 1.01. The van der Waals surface area contributed by atoms with Gasteiger partial charge < -0.3 is 14.6 Å². The van der Waals surface area contributed by atoms with E-state index in [2.05, 4.69) is 54.4 Å². The minimum absolute atomic E-state index is 0.0859. The molecule has 0 spiro atoms. The fraction of sp³-hybridized carbons (Fsp3) is 0.531. The van der Waals surface area contributed by atoms with Gasteiger partial charge in [-0.25, -0.2) is 0 Å². The molecule has 0 radical (unpaired) electrons. The summed E-state index contributed by atoms with van der Waals surface area (Å²) in [5, 5.41) is 4.59. The molecule has 1 aliphatic carbocycles. The zero-order chi connectivity index (χ0) is 24.9. The fourth-order valence-electron chi connectivity index (χ4n) is 6.28. The van der Waals surface area contributed by atoms with Crippen molar-refractivity contribution in [2.24, 2.45) is 11.8 Å². The van der Waals surface area contributed by atoms with Crippen LogP contribution in [-0.4, -0.2) is 36.5 Å². The van der Waals surface area contributed by atoms with Crippen LogP contribution in [0.5, 0.6) is 0 Å². The molecule has 36 heavy (non-hydrogen) atoms. The first-order valence-corrected chi connectivity index (χ1v) is 14.1. The Morgan fingerprint density at radius 2 is 1.69 bits per heavy atom. The van der Waals surface area contributed by atoms with E-state index < -0.39 is 0 Å². The number of nitrogens with one attached hydrogen (secondary N) is 1. The van der Waals surface area contributed by atoms with Gasteiger partial charge in [0, 0.05) is 22.6 Å². The van der Waals surface area contributed by atoms with Crippen LogP contribution in [-0.2, 0) is 6.42 Å². The van der Waals surface area contributed by atoms with E-state index in [0.717, 1.165) is 36.3 Å². The Labute approximate surface area is 216 Å². The third-order valence-electron chi connectivity index (χ3n) is 8.43. The summed E-state index contributed by atoms with van der Waals surface area (Å²) in [4.78, 5) is 15.4. The second kappa shape index (κ2) is 11.6. The molecule has 1 N–H and O–H groups in total. The van der Waals surface area contributed by atoms with E-state index >= 15 is 0 Å². The highest BCUT2D eigenvalue weighted by atomic mass is 16.3. The monoisotopic (exact) mass is 486 g/mol. The summed E-state index contributed by atoms with van der Waals surface area (Å²) < 4.78 is 5.79. The van der Waals surface area contributed by atoms with Crippen LogP contribution in [0.1, 0.15) is 86.2 Å². The zero-order valence-electron chi connectivity index (χ0n) is 22.0. The van der Waals surface area contributed by atoms with Crippen molar-refractivity contribution < 1.29 is 9.21 Å². The highest BCUT2D eigenvalue weighted by Crippen LogP contribution is 2.35. The van der Waals surface area contributed by atoms with Gasteiger partial charge in [0.2, 0.25) is 0 Å². The van der Waals surface area contributed by atoms with Crippen molar-refractivity contribution in [1.29, 1.82) is 0 Å². The molecular formula is C32H42N2O2. The Morgan fingerprint density at radius 3 is 2.42 bits per heavy atom. The van der Waals surface area contributed by atoms with Crippen LogP contribution in [0.25, 0.3) is 11.0 Å².